The summed E-state index contributed by atoms with van der Waals surface area (Å²) in [7, 11) is -3.95. The monoisotopic (exact) mass is 485 g/mol. The SMILES string of the molecule is C/C(=N/NC(=O)CN(c1cccc(Br)c1)S(=O)(=O)c1ccccc1)c1ccccc1. The Bertz CT molecular complexity index is 1150. The van der Waals surface area contributed by atoms with E-state index in [9.17, 15) is 13.2 Å². The summed E-state index contributed by atoms with van der Waals surface area (Å²) in [5, 5.41) is 4.10. The van der Waals surface area contributed by atoms with Crippen molar-refractivity contribution in [2.75, 3.05) is 10.8 Å². The molecular weight excluding hydrogens is 466 g/mol. The van der Waals surface area contributed by atoms with Crippen molar-refractivity contribution < 1.29 is 13.2 Å². The normalized spacial score (nSPS) is 11.7. The predicted molar refractivity (Wildman–Crippen MR) is 122 cm³/mol. The van der Waals surface area contributed by atoms with Gasteiger partial charge in [-0.15, -0.1) is 0 Å². The number of amides is 1. The number of hydrogen-bond donors (Lipinski definition) is 1. The quantitative estimate of drug-likeness (QED) is 0.402. The van der Waals surface area contributed by atoms with Crippen LogP contribution in [0.2, 0.25) is 0 Å². The fourth-order valence-electron chi connectivity index (χ4n) is 2.72. The Balaban J connectivity index is 1.87. The lowest BCUT2D eigenvalue weighted by Gasteiger charge is -2.24. The number of benzene rings is 3. The van der Waals surface area contributed by atoms with Gasteiger partial charge in [0.15, 0.2) is 0 Å². The number of sulfonamides is 1. The van der Waals surface area contributed by atoms with Crippen LogP contribution in [0.3, 0.4) is 0 Å². The van der Waals surface area contributed by atoms with E-state index in [0.717, 1.165) is 9.87 Å². The second kappa shape index (κ2) is 9.69. The molecule has 0 atom stereocenters. The van der Waals surface area contributed by atoms with Gasteiger partial charge in [-0.2, -0.15) is 5.10 Å². The molecule has 1 amide bonds. The van der Waals surface area contributed by atoms with Crippen LogP contribution in [0, 0.1) is 0 Å². The number of nitrogens with one attached hydrogen (secondary N) is 1. The van der Waals surface area contributed by atoms with Crippen LogP contribution in [-0.2, 0) is 14.8 Å². The molecule has 6 nitrogen and oxygen atoms in total. The fraction of sp³-hybridized carbons (Fsp3) is 0.0909. The van der Waals surface area contributed by atoms with Crippen LogP contribution in [0.15, 0.2) is 99.4 Å². The molecule has 0 heterocycles. The molecular formula is C22H20BrN3O3S. The van der Waals surface area contributed by atoms with Gasteiger partial charge in [0.1, 0.15) is 6.54 Å². The fourth-order valence-corrected chi connectivity index (χ4v) is 4.54. The first-order chi connectivity index (χ1) is 14.4. The molecule has 30 heavy (non-hydrogen) atoms. The summed E-state index contributed by atoms with van der Waals surface area (Å²) in [5.74, 6) is -0.551. The van der Waals surface area contributed by atoms with E-state index in [0.29, 0.717) is 15.9 Å². The highest BCUT2D eigenvalue weighted by molar-refractivity contribution is 9.10. The molecule has 1 N–H and O–H groups in total. The molecule has 0 bridgehead atoms. The molecule has 0 fully saturated rings. The molecule has 3 rings (SSSR count). The summed E-state index contributed by atoms with van der Waals surface area (Å²) in [6.45, 7) is 1.35. The highest BCUT2D eigenvalue weighted by atomic mass is 79.9. The van der Waals surface area contributed by atoms with E-state index in [4.69, 9.17) is 0 Å². The Labute approximate surface area is 184 Å². The highest BCUT2D eigenvalue weighted by Crippen LogP contribution is 2.26. The van der Waals surface area contributed by atoms with Crippen LogP contribution in [0.4, 0.5) is 5.69 Å². The zero-order valence-corrected chi connectivity index (χ0v) is 18.6. The summed E-state index contributed by atoms with van der Waals surface area (Å²) in [4.78, 5) is 12.7. The Hall–Kier alpha value is -2.97. The van der Waals surface area contributed by atoms with Gasteiger partial charge in [0.25, 0.3) is 15.9 Å². The average molecular weight is 486 g/mol. The maximum absolute atomic E-state index is 13.2. The van der Waals surface area contributed by atoms with Crippen LogP contribution in [0.5, 0.6) is 0 Å². The standard InChI is InChI=1S/C22H20BrN3O3S/c1-17(18-9-4-2-5-10-18)24-25-22(27)16-26(20-12-8-11-19(23)15-20)30(28,29)21-13-6-3-7-14-21/h2-15H,16H2,1H3,(H,25,27)/b24-17-. The lowest BCUT2D eigenvalue weighted by Crippen LogP contribution is -2.39. The Morgan fingerprint density at radius 1 is 0.967 bits per heavy atom. The number of nitrogens with zero attached hydrogens (tertiary/aromatic N) is 2. The third-order valence-electron chi connectivity index (χ3n) is 4.25. The van der Waals surface area contributed by atoms with Gasteiger partial charge in [0.2, 0.25) is 0 Å². The molecule has 0 aromatic heterocycles. The summed E-state index contributed by atoms with van der Waals surface area (Å²) < 4.78 is 28.2. The van der Waals surface area contributed by atoms with E-state index in [-0.39, 0.29) is 4.90 Å². The predicted octanol–water partition coefficient (Wildman–Crippen LogP) is 4.18. The molecule has 0 spiro atoms. The first-order valence-electron chi connectivity index (χ1n) is 9.10. The minimum Gasteiger partial charge on any atom is -0.271 e. The minimum atomic E-state index is -3.95. The molecule has 0 aliphatic heterocycles. The van der Waals surface area contributed by atoms with E-state index >= 15 is 0 Å². The van der Waals surface area contributed by atoms with E-state index in [1.54, 1.807) is 49.4 Å². The highest BCUT2D eigenvalue weighted by Gasteiger charge is 2.27. The summed E-state index contributed by atoms with van der Waals surface area (Å²) in [6, 6.07) is 24.2. The first kappa shape index (κ1) is 21.7. The van der Waals surface area contributed by atoms with Crippen molar-refractivity contribution in [3.05, 3.63) is 95.0 Å². The molecule has 3 aromatic rings. The van der Waals surface area contributed by atoms with Gasteiger partial charge in [0, 0.05) is 4.47 Å². The largest absolute Gasteiger partial charge is 0.271 e. The maximum Gasteiger partial charge on any atom is 0.264 e. The number of halogens is 1. The van der Waals surface area contributed by atoms with Crippen molar-refractivity contribution in [3.8, 4) is 0 Å². The van der Waals surface area contributed by atoms with Gasteiger partial charge in [-0.05, 0) is 42.8 Å². The average Bonchev–Trinajstić information content (AvgIpc) is 2.77. The summed E-state index contributed by atoms with van der Waals surface area (Å²) >= 11 is 3.35. The van der Waals surface area contributed by atoms with E-state index in [2.05, 4.69) is 26.5 Å². The number of carbonyl (C=O) groups is 1. The molecule has 154 valence electrons. The second-order valence-corrected chi connectivity index (χ2v) is 9.18. The molecule has 0 aliphatic carbocycles. The van der Waals surface area contributed by atoms with E-state index in [1.165, 1.54) is 12.1 Å². The lowest BCUT2D eigenvalue weighted by molar-refractivity contribution is -0.119. The van der Waals surface area contributed by atoms with Crippen LogP contribution in [0.25, 0.3) is 0 Å². The van der Waals surface area contributed by atoms with Crippen molar-refractivity contribution in [3.63, 3.8) is 0 Å². The minimum absolute atomic E-state index is 0.0988. The third-order valence-corrected chi connectivity index (χ3v) is 6.54. The Morgan fingerprint density at radius 3 is 2.23 bits per heavy atom. The van der Waals surface area contributed by atoms with Gasteiger partial charge < -0.3 is 0 Å². The molecule has 0 saturated carbocycles. The summed E-state index contributed by atoms with van der Waals surface area (Å²) in [5.41, 5.74) is 4.29. The Morgan fingerprint density at radius 2 is 1.60 bits per heavy atom. The lowest BCUT2D eigenvalue weighted by atomic mass is 10.1. The number of hydrazone groups is 1. The molecule has 0 unspecified atom stereocenters. The smallest absolute Gasteiger partial charge is 0.264 e. The Kier molecular flexibility index (Phi) is 7.02. The van der Waals surface area contributed by atoms with Crippen molar-refractivity contribution in [2.45, 2.75) is 11.8 Å². The van der Waals surface area contributed by atoms with Gasteiger partial charge in [-0.1, -0.05) is 70.5 Å². The molecule has 3 aromatic carbocycles. The second-order valence-electron chi connectivity index (χ2n) is 6.40. The molecule has 0 saturated heterocycles. The first-order valence-corrected chi connectivity index (χ1v) is 11.3. The zero-order valence-electron chi connectivity index (χ0n) is 16.2. The zero-order chi connectivity index (χ0) is 21.6. The van der Waals surface area contributed by atoms with Crippen molar-refractivity contribution in [2.24, 2.45) is 5.10 Å². The molecule has 0 radical (unpaired) electrons. The van der Waals surface area contributed by atoms with Gasteiger partial charge >= 0.3 is 0 Å². The number of carbonyl (C=O) groups excluding carboxylic acids is 1. The van der Waals surface area contributed by atoms with E-state index in [1.807, 2.05) is 30.3 Å². The van der Waals surface area contributed by atoms with Crippen LogP contribution < -0.4 is 9.73 Å². The van der Waals surface area contributed by atoms with Gasteiger partial charge in [0.05, 0.1) is 16.3 Å². The number of rotatable bonds is 7. The third kappa shape index (κ3) is 5.34. The van der Waals surface area contributed by atoms with Crippen molar-refractivity contribution in [1.29, 1.82) is 0 Å². The van der Waals surface area contributed by atoms with Crippen molar-refractivity contribution in [1.82, 2.24) is 5.43 Å². The van der Waals surface area contributed by atoms with Crippen LogP contribution in [0.1, 0.15) is 12.5 Å². The number of hydrogen-bond acceptors (Lipinski definition) is 4. The molecule has 0 aliphatic rings. The van der Waals surface area contributed by atoms with Gasteiger partial charge in [-0.25, -0.2) is 13.8 Å². The van der Waals surface area contributed by atoms with Gasteiger partial charge in [-0.3, -0.25) is 9.10 Å². The van der Waals surface area contributed by atoms with Crippen molar-refractivity contribution >= 4 is 43.3 Å². The summed E-state index contributed by atoms with van der Waals surface area (Å²) in [6.07, 6.45) is 0. The topological polar surface area (TPSA) is 78.8 Å². The van der Waals surface area contributed by atoms with Crippen LogP contribution in [-0.4, -0.2) is 26.6 Å². The number of anilines is 1. The van der Waals surface area contributed by atoms with Crippen LogP contribution >= 0.6 is 15.9 Å². The molecule has 8 heteroatoms. The van der Waals surface area contributed by atoms with E-state index < -0.39 is 22.5 Å². The maximum atomic E-state index is 13.2.